The van der Waals surface area contributed by atoms with E-state index in [0.29, 0.717) is 12.2 Å². The second-order valence-electron chi connectivity index (χ2n) is 5.20. The first kappa shape index (κ1) is 19.7. The maximum atomic E-state index is 12.2. The highest BCUT2D eigenvalue weighted by Gasteiger charge is 2.18. The Bertz CT molecular complexity index is 687. The van der Waals surface area contributed by atoms with Gasteiger partial charge in [0.05, 0.1) is 5.69 Å². The van der Waals surface area contributed by atoms with Gasteiger partial charge < -0.3 is 16.4 Å². The van der Waals surface area contributed by atoms with Crippen LogP contribution in [0.4, 0.5) is 0 Å². The third kappa shape index (κ3) is 4.81. The van der Waals surface area contributed by atoms with Crippen molar-refractivity contribution in [2.45, 2.75) is 19.9 Å². The van der Waals surface area contributed by atoms with Gasteiger partial charge in [-0.2, -0.15) is 5.10 Å². The van der Waals surface area contributed by atoms with Gasteiger partial charge in [0, 0.05) is 18.7 Å². The molecule has 2 rings (SSSR count). The van der Waals surface area contributed by atoms with Gasteiger partial charge in [-0.15, -0.1) is 12.4 Å². The molecule has 1 atom stereocenters. The van der Waals surface area contributed by atoms with Gasteiger partial charge in [-0.25, -0.2) is 4.68 Å². The lowest BCUT2D eigenvalue weighted by atomic mass is 10.3. The zero-order valence-electron chi connectivity index (χ0n) is 13.7. The van der Waals surface area contributed by atoms with Crippen molar-refractivity contribution in [1.29, 1.82) is 0 Å². The number of rotatable bonds is 7. The van der Waals surface area contributed by atoms with Crippen molar-refractivity contribution >= 4 is 24.2 Å². The molecule has 2 amide bonds. The molecule has 1 aromatic carbocycles. The quantitative estimate of drug-likeness (QED) is 0.695. The molecule has 8 heteroatoms. The second kappa shape index (κ2) is 9.05. The number of primary amides is 1. The molecule has 0 aliphatic carbocycles. The Labute approximate surface area is 147 Å². The van der Waals surface area contributed by atoms with Gasteiger partial charge in [-0.05, 0) is 25.6 Å². The molecular formula is C16H22ClN5O2. The largest absolute Gasteiger partial charge is 0.364 e. The van der Waals surface area contributed by atoms with Crippen LogP contribution in [0.3, 0.4) is 0 Å². The van der Waals surface area contributed by atoms with Crippen LogP contribution >= 0.6 is 12.4 Å². The van der Waals surface area contributed by atoms with Gasteiger partial charge in [0.15, 0.2) is 5.69 Å². The van der Waals surface area contributed by atoms with Crippen molar-refractivity contribution < 1.29 is 9.59 Å². The molecule has 0 spiro atoms. The summed E-state index contributed by atoms with van der Waals surface area (Å²) in [6, 6.07) is 10.6. The monoisotopic (exact) mass is 351 g/mol. The fraction of sp³-hybridized carbons (Fsp3) is 0.312. The number of carbonyl (C=O) groups is 2. The van der Waals surface area contributed by atoms with E-state index in [2.05, 4.69) is 15.7 Å². The van der Waals surface area contributed by atoms with Crippen LogP contribution in [0.5, 0.6) is 0 Å². The summed E-state index contributed by atoms with van der Waals surface area (Å²) < 4.78 is 1.38. The van der Waals surface area contributed by atoms with Crippen LogP contribution < -0.4 is 16.4 Å². The normalized spacial score (nSPS) is 11.4. The Morgan fingerprint density at radius 3 is 2.54 bits per heavy atom. The van der Waals surface area contributed by atoms with Crippen molar-refractivity contribution in [3.8, 4) is 5.69 Å². The van der Waals surface area contributed by atoms with Gasteiger partial charge >= 0.3 is 0 Å². The van der Waals surface area contributed by atoms with E-state index in [0.717, 1.165) is 6.54 Å². The van der Waals surface area contributed by atoms with E-state index < -0.39 is 5.91 Å². The number of para-hydroxylation sites is 1. The summed E-state index contributed by atoms with van der Waals surface area (Å²) in [6.45, 7) is 5.27. The molecule has 0 radical (unpaired) electrons. The first-order chi connectivity index (χ1) is 11.0. The number of halogens is 1. The summed E-state index contributed by atoms with van der Waals surface area (Å²) in [5.74, 6) is -0.978. The molecule has 0 saturated heterocycles. The summed E-state index contributed by atoms with van der Waals surface area (Å²) in [4.78, 5) is 23.8. The lowest BCUT2D eigenvalue weighted by molar-refractivity contribution is 0.0944. The van der Waals surface area contributed by atoms with Gasteiger partial charge in [-0.1, -0.05) is 25.1 Å². The Kier molecular flexibility index (Phi) is 7.41. The topological polar surface area (TPSA) is 102 Å². The molecule has 1 aromatic heterocycles. The Morgan fingerprint density at radius 1 is 1.29 bits per heavy atom. The van der Waals surface area contributed by atoms with E-state index in [-0.39, 0.29) is 35.7 Å². The van der Waals surface area contributed by atoms with E-state index in [1.807, 2.05) is 32.0 Å². The second-order valence-corrected chi connectivity index (χ2v) is 5.20. The molecule has 0 bridgehead atoms. The highest BCUT2D eigenvalue weighted by molar-refractivity contribution is 5.97. The van der Waals surface area contributed by atoms with E-state index in [9.17, 15) is 9.59 Å². The number of hydrogen-bond acceptors (Lipinski definition) is 4. The number of aromatic nitrogens is 2. The Balaban J connectivity index is 0.00000288. The van der Waals surface area contributed by atoms with Gasteiger partial charge in [0.1, 0.15) is 5.69 Å². The van der Waals surface area contributed by atoms with Gasteiger partial charge in [0.2, 0.25) is 0 Å². The van der Waals surface area contributed by atoms with Crippen LogP contribution in [0.1, 0.15) is 34.8 Å². The summed E-state index contributed by atoms with van der Waals surface area (Å²) in [7, 11) is 0. The number of hydrogen-bond donors (Lipinski definition) is 3. The number of likely N-dealkylation sites (N-methyl/N-ethyl adjacent to an activating group) is 1. The summed E-state index contributed by atoms with van der Waals surface area (Å²) in [5, 5.41) is 10.2. The molecule has 24 heavy (non-hydrogen) atoms. The van der Waals surface area contributed by atoms with Crippen molar-refractivity contribution in [1.82, 2.24) is 20.4 Å². The van der Waals surface area contributed by atoms with Crippen LogP contribution in [0.25, 0.3) is 5.69 Å². The summed E-state index contributed by atoms with van der Waals surface area (Å²) in [5.41, 5.74) is 6.38. The standard InChI is InChI=1S/C16H21N5O2.ClH/c1-3-18-11(2)10-19-16(23)13-9-14(15(17)22)21(20-13)12-7-5-4-6-8-12;/h4-9,11,18H,3,10H2,1-2H3,(H2,17,22)(H,19,23);1H/t11-;/m1./s1. The van der Waals surface area contributed by atoms with Gasteiger partial charge in [0.25, 0.3) is 11.8 Å². The minimum Gasteiger partial charge on any atom is -0.364 e. The van der Waals surface area contributed by atoms with Crippen molar-refractivity contribution in [2.75, 3.05) is 13.1 Å². The molecule has 0 fully saturated rings. The van der Waals surface area contributed by atoms with Gasteiger partial charge in [-0.3, -0.25) is 9.59 Å². The number of carbonyl (C=O) groups excluding carboxylic acids is 2. The minimum absolute atomic E-state index is 0. The predicted molar refractivity (Wildman–Crippen MR) is 94.8 cm³/mol. The fourth-order valence-electron chi connectivity index (χ4n) is 2.19. The number of nitrogens with one attached hydrogen (secondary N) is 2. The number of nitrogens with two attached hydrogens (primary N) is 1. The Morgan fingerprint density at radius 2 is 1.96 bits per heavy atom. The zero-order chi connectivity index (χ0) is 16.8. The SMILES string of the molecule is CCN[C@H](C)CNC(=O)c1cc(C(N)=O)n(-c2ccccc2)n1.Cl. The van der Waals surface area contributed by atoms with Crippen molar-refractivity contribution in [3.63, 3.8) is 0 Å². The molecule has 7 nitrogen and oxygen atoms in total. The molecule has 0 unspecified atom stereocenters. The molecule has 4 N–H and O–H groups in total. The first-order valence-corrected chi connectivity index (χ1v) is 7.49. The van der Waals surface area contributed by atoms with E-state index in [4.69, 9.17) is 5.73 Å². The van der Waals surface area contributed by atoms with Crippen LogP contribution in [0.15, 0.2) is 36.4 Å². The van der Waals surface area contributed by atoms with E-state index in [1.165, 1.54) is 10.7 Å². The lowest BCUT2D eigenvalue weighted by Gasteiger charge is -2.12. The molecule has 130 valence electrons. The molecule has 0 saturated carbocycles. The Hall–Kier alpha value is -2.38. The first-order valence-electron chi connectivity index (χ1n) is 7.49. The van der Waals surface area contributed by atoms with E-state index >= 15 is 0 Å². The average Bonchev–Trinajstić information content (AvgIpc) is 2.99. The van der Waals surface area contributed by atoms with Crippen LogP contribution in [-0.2, 0) is 0 Å². The molecule has 1 heterocycles. The third-order valence-corrected chi connectivity index (χ3v) is 3.32. The van der Waals surface area contributed by atoms with Crippen LogP contribution in [0.2, 0.25) is 0 Å². The average molecular weight is 352 g/mol. The third-order valence-electron chi connectivity index (χ3n) is 3.32. The zero-order valence-corrected chi connectivity index (χ0v) is 14.5. The maximum Gasteiger partial charge on any atom is 0.271 e. The van der Waals surface area contributed by atoms with E-state index in [1.54, 1.807) is 12.1 Å². The highest BCUT2D eigenvalue weighted by Crippen LogP contribution is 2.12. The molecule has 0 aliphatic rings. The summed E-state index contributed by atoms with van der Waals surface area (Å²) in [6.07, 6.45) is 0. The lowest BCUT2D eigenvalue weighted by Crippen LogP contribution is -2.38. The molecule has 0 aliphatic heterocycles. The smallest absolute Gasteiger partial charge is 0.271 e. The number of benzene rings is 1. The summed E-state index contributed by atoms with van der Waals surface area (Å²) >= 11 is 0. The number of amides is 2. The predicted octanol–water partition coefficient (Wildman–Crippen LogP) is 1.12. The number of nitrogens with zero attached hydrogens (tertiary/aromatic N) is 2. The van der Waals surface area contributed by atoms with Crippen LogP contribution in [0, 0.1) is 0 Å². The highest BCUT2D eigenvalue weighted by atomic mass is 35.5. The maximum absolute atomic E-state index is 12.2. The van der Waals surface area contributed by atoms with Crippen molar-refractivity contribution in [3.05, 3.63) is 47.8 Å². The minimum atomic E-state index is -0.638. The molecule has 2 aromatic rings. The molecular weight excluding hydrogens is 330 g/mol. The van der Waals surface area contributed by atoms with Crippen LogP contribution in [-0.4, -0.2) is 40.7 Å². The fourth-order valence-corrected chi connectivity index (χ4v) is 2.19. The van der Waals surface area contributed by atoms with Crippen molar-refractivity contribution in [2.24, 2.45) is 5.73 Å².